The summed E-state index contributed by atoms with van der Waals surface area (Å²) in [7, 11) is 0. The van der Waals surface area contributed by atoms with Crippen molar-refractivity contribution in [2.24, 2.45) is 5.92 Å². The second kappa shape index (κ2) is 5.00. The van der Waals surface area contributed by atoms with Crippen LogP contribution in [0.3, 0.4) is 0 Å². The van der Waals surface area contributed by atoms with Crippen molar-refractivity contribution >= 4 is 11.6 Å². The van der Waals surface area contributed by atoms with Crippen LogP contribution in [0, 0.1) is 5.92 Å². The van der Waals surface area contributed by atoms with Gasteiger partial charge in [0.05, 0.1) is 0 Å². The Balaban J connectivity index is 2.18. The molecule has 66 valence electrons. The van der Waals surface area contributed by atoms with Gasteiger partial charge in [-0.25, -0.2) is 0 Å². The van der Waals surface area contributed by atoms with E-state index in [9.17, 15) is 0 Å². The highest BCUT2D eigenvalue weighted by Crippen LogP contribution is 2.27. The molecule has 1 saturated carbocycles. The minimum Gasteiger partial charge on any atom is -0.317 e. The molecule has 1 fully saturated rings. The zero-order valence-electron chi connectivity index (χ0n) is 7.28. The van der Waals surface area contributed by atoms with Gasteiger partial charge in [-0.2, -0.15) is 0 Å². The molecule has 2 unspecified atom stereocenters. The molecular formula is C9H18ClN. The van der Waals surface area contributed by atoms with Crippen LogP contribution in [0.5, 0.6) is 0 Å². The van der Waals surface area contributed by atoms with Crippen molar-refractivity contribution in [1.29, 1.82) is 0 Å². The van der Waals surface area contributed by atoms with Crippen molar-refractivity contribution in [2.75, 3.05) is 13.1 Å². The van der Waals surface area contributed by atoms with Gasteiger partial charge in [0.15, 0.2) is 0 Å². The van der Waals surface area contributed by atoms with E-state index in [1.165, 1.54) is 25.7 Å². The summed E-state index contributed by atoms with van der Waals surface area (Å²) in [4.78, 5) is 0. The number of hydrogen-bond acceptors (Lipinski definition) is 1. The van der Waals surface area contributed by atoms with Crippen LogP contribution in [0.25, 0.3) is 0 Å². The molecule has 2 heteroatoms. The minimum absolute atomic E-state index is 0.433. The van der Waals surface area contributed by atoms with Gasteiger partial charge in [0.25, 0.3) is 0 Å². The Hall–Kier alpha value is 0.250. The highest BCUT2D eigenvalue weighted by molar-refractivity contribution is 6.20. The first-order valence-corrected chi connectivity index (χ1v) is 5.13. The lowest BCUT2D eigenvalue weighted by Gasteiger charge is -2.26. The number of alkyl halides is 1. The molecule has 0 spiro atoms. The van der Waals surface area contributed by atoms with Gasteiger partial charge in [-0.3, -0.25) is 0 Å². The third-order valence-electron chi connectivity index (χ3n) is 2.47. The highest BCUT2D eigenvalue weighted by atomic mass is 35.5. The van der Waals surface area contributed by atoms with E-state index in [1.807, 2.05) is 0 Å². The third-order valence-corrected chi connectivity index (χ3v) is 3.05. The Kier molecular flexibility index (Phi) is 4.24. The van der Waals surface area contributed by atoms with Crippen LogP contribution < -0.4 is 5.32 Å². The Morgan fingerprint density at radius 1 is 1.36 bits per heavy atom. The average molecular weight is 176 g/mol. The second-order valence-corrected chi connectivity index (χ2v) is 3.93. The van der Waals surface area contributed by atoms with Crippen LogP contribution in [0.15, 0.2) is 0 Å². The van der Waals surface area contributed by atoms with Crippen LogP contribution in [0.4, 0.5) is 0 Å². The summed E-state index contributed by atoms with van der Waals surface area (Å²) < 4.78 is 0. The van der Waals surface area contributed by atoms with Gasteiger partial charge in [0.2, 0.25) is 0 Å². The molecule has 0 aliphatic heterocycles. The molecule has 0 aromatic heterocycles. The topological polar surface area (TPSA) is 12.0 Å². The van der Waals surface area contributed by atoms with Gasteiger partial charge >= 0.3 is 0 Å². The largest absolute Gasteiger partial charge is 0.317 e. The summed E-state index contributed by atoms with van der Waals surface area (Å²) in [5.41, 5.74) is 0. The van der Waals surface area contributed by atoms with Crippen molar-refractivity contribution in [3.8, 4) is 0 Å². The van der Waals surface area contributed by atoms with E-state index in [-0.39, 0.29) is 0 Å². The molecule has 0 radical (unpaired) electrons. The predicted octanol–water partition coefficient (Wildman–Crippen LogP) is 2.39. The van der Waals surface area contributed by atoms with Crippen LogP contribution in [0.1, 0.15) is 32.6 Å². The fraction of sp³-hybridized carbons (Fsp3) is 1.00. The summed E-state index contributed by atoms with van der Waals surface area (Å²) in [5.74, 6) is 0.727. The van der Waals surface area contributed by atoms with Gasteiger partial charge in [0.1, 0.15) is 0 Å². The van der Waals surface area contributed by atoms with Crippen LogP contribution in [0.2, 0.25) is 0 Å². The monoisotopic (exact) mass is 175 g/mol. The van der Waals surface area contributed by atoms with Crippen LogP contribution in [-0.4, -0.2) is 18.5 Å². The normalized spacial score (nSPS) is 32.2. The molecule has 0 aromatic rings. The lowest BCUT2D eigenvalue weighted by molar-refractivity contribution is 0.351. The van der Waals surface area contributed by atoms with Crippen LogP contribution >= 0.6 is 11.6 Å². The maximum Gasteiger partial charge on any atom is 0.0376 e. The van der Waals surface area contributed by atoms with Crippen molar-refractivity contribution < 1.29 is 0 Å². The van der Waals surface area contributed by atoms with Crippen molar-refractivity contribution in [3.63, 3.8) is 0 Å². The maximum absolute atomic E-state index is 6.18. The van der Waals surface area contributed by atoms with Gasteiger partial charge in [-0.1, -0.05) is 19.8 Å². The molecule has 0 heterocycles. The zero-order valence-corrected chi connectivity index (χ0v) is 8.03. The maximum atomic E-state index is 6.18. The van der Waals surface area contributed by atoms with E-state index in [2.05, 4.69) is 12.2 Å². The number of nitrogens with one attached hydrogen (secondary N) is 1. The molecule has 1 N–H and O–H groups in total. The second-order valence-electron chi connectivity index (χ2n) is 3.37. The molecule has 0 amide bonds. The SMILES string of the molecule is CCNCC1CCCCC1Cl. The number of halogens is 1. The lowest BCUT2D eigenvalue weighted by Crippen LogP contribution is -2.30. The summed E-state index contributed by atoms with van der Waals surface area (Å²) in [6, 6.07) is 0. The zero-order chi connectivity index (χ0) is 8.10. The molecule has 1 rings (SSSR count). The quantitative estimate of drug-likeness (QED) is 0.650. The summed E-state index contributed by atoms with van der Waals surface area (Å²) in [6.07, 6.45) is 5.24. The molecule has 0 bridgehead atoms. The first-order chi connectivity index (χ1) is 5.34. The Labute approximate surface area is 74.5 Å². The standard InChI is InChI=1S/C9H18ClN/c1-2-11-7-8-5-3-4-6-9(8)10/h8-9,11H,2-7H2,1H3. The van der Waals surface area contributed by atoms with Crippen molar-refractivity contribution in [1.82, 2.24) is 5.32 Å². The number of hydrogen-bond donors (Lipinski definition) is 1. The van der Waals surface area contributed by atoms with E-state index in [0.29, 0.717) is 5.38 Å². The Morgan fingerprint density at radius 2 is 2.09 bits per heavy atom. The first-order valence-electron chi connectivity index (χ1n) is 4.69. The molecule has 0 aromatic carbocycles. The first kappa shape index (κ1) is 9.34. The summed E-state index contributed by atoms with van der Waals surface area (Å²) in [5, 5.41) is 3.80. The number of rotatable bonds is 3. The van der Waals surface area contributed by atoms with Gasteiger partial charge in [-0.05, 0) is 31.8 Å². The molecule has 11 heavy (non-hydrogen) atoms. The van der Waals surface area contributed by atoms with E-state index >= 15 is 0 Å². The third kappa shape index (κ3) is 3.00. The Bertz CT molecular complexity index is 106. The average Bonchev–Trinajstić information content (AvgIpc) is 2.03. The van der Waals surface area contributed by atoms with E-state index in [4.69, 9.17) is 11.6 Å². The van der Waals surface area contributed by atoms with Crippen molar-refractivity contribution in [2.45, 2.75) is 38.0 Å². The van der Waals surface area contributed by atoms with E-state index < -0.39 is 0 Å². The van der Waals surface area contributed by atoms with Crippen molar-refractivity contribution in [3.05, 3.63) is 0 Å². The van der Waals surface area contributed by atoms with E-state index in [0.717, 1.165) is 19.0 Å². The van der Waals surface area contributed by atoms with Crippen LogP contribution in [-0.2, 0) is 0 Å². The fourth-order valence-electron chi connectivity index (χ4n) is 1.72. The van der Waals surface area contributed by atoms with Gasteiger partial charge < -0.3 is 5.32 Å². The summed E-state index contributed by atoms with van der Waals surface area (Å²) in [6.45, 7) is 4.33. The minimum atomic E-state index is 0.433. The summed E-state index contributed by atoms with van der Waals surface area (Å²) >= 11 is 6.18. The van der Waals surface area contributed by atoms with Gasteiger partial charge in [-0.15, -0.1) is 11.6 Å². The highest BCUT2D eigenvalue weighted by Gasteiger charge is 2.21. The smallest absolute Gasteiger partial charge is 0.0376 e. The predicted molar refractivity (Wildman–Crippen MR) is 50.1 cm³/mol. The molecule has 1 aliphatic carbocycles. The molecular weight excluding hydrogens is 158 g/mol. The van der Waals surface area contributed by atoms with E-state index in [1.54, 1.807) is 0 Å². The Morgan fingerprint density at radius 3 is 2.73 bits per heavy atom. The molecule has 1 nitrogen and oxygen atoms in total. The fourth-order valence-corrected chi connectivity index (χ4v) is 2.09. The molecule has 0 saturated heterocycles. The molecule has 2 atom stereocenters. The van der Waals surface area contributed by atoms with Gasteiger partial charge in [0, 0.05) is 5.38 Å². The lowest BCUT2D eigenvalue weighted by atomic mass is 9.89. The molecule has 1 aliphatic rings.